The number of anilines is 1. The number of hydrogen-bond acceptors (Lipinski definition) is 6. The van der Waals surface area contributed by atoms with E-state index in [0.29, 0.717) is 11.1 Å². The van der Waals surface area contributed by atoms with E-state index in [1.165, 1.54) is 13.2 Å². The van der Waals surface area contributed by atoms with E-state index in [4.69, 9.17) is 13.9 Å². The van der Waals surface area contributed by atoms with Gasteiger partial charge in [0.15, 0.2) is 17.9 Å². The Bertz CT molecular complexity index is 1130. The summed E-state index contributed by atoms with van der Waals surface area (Å²) in [6.07, 6.45) is 0. The van der Waals surface area contributed by atoms with Crippen LogP contribution < -0.4 is 15.7 Å². The lowest BCUT2D eigenvalue weighted by Gasteiger charge is -2.08. The first-order valence-corrected chi connectivity index (χ1v) is 7.92. The van der Waals surface area contributed by atoms with Crippen molar-refractivity contribution in [1.82, 2.24) is 0 Å². The number of para-hydroxylation sites is 1. The van der Waals surface area contributed by atoms with Crippen LogP contribution in [-0.2, 0) is 9.53 Å². The van der Waals surface area contributed by atoms with E-state index in [0.717, 1.165) is 18.2 Å². The number of rotatable bonds is 5. The number of esters is 1. The highest BCUT2D eigenvalue weighted by Crippen LogP contribution is 2.24. The third-order valence-corrected chi connectivity index (χ3v) is 3.70. The molecule has 7 nitrogen and oxygen atoms in total. The molecule has 0 atom stereocenters. The summed E-state index contributed by atoms with van der Waals surface area (Å²) in [5, 5.41) is 2.48. The topological polar surface area (TPSA) is 94.8 Å². The summed E-state index contributed by atoms with van der Waals surface area (Å²) in [5.41, 5.74) is -1.65. The van der Waals surface area contributed by atoms with Crippen molar-refractivity contribution in [3.8, 4) is 5.75 Å². The maximum atomic E-state index is 13.5. The zero-order valence-corrected chi connectivity index (χ0v) is 14.5. The third-order valence-electron chi connectivity index (χ3n) is 3.70. The highest BCUT2D eigenvalue weighted by atomic mass is 19.1. The van der Waals surface area contributed by atoms with Gasteiger partial charge in [-0.25, -0.2) is 18.4 Å². The standard InChI is InChI=1S/C19H13F2NO6/c1-26-15-4-2-3-10-7-12(19(25)28-17(10)15)18(24)27-9-16(23)22-14-8-11(20)5-6-13(14)21/h2-8H,9H2,1H3,(H,22,23). The number of benzene rings is 2. The summed E-state index contributed by atoms with van der Waals surface area (Å²) in [4.78, 5) is 36.0. The van der Waals surface area contributed by atoms with Gasteiger partial charge in [-0.15, -0.1) is 0 Å². The number of carbonyl (C=O) groups excluding carboxylic acids is 2. The lowest BCUT2D eigenvalue weighted by atomic mass is 10.2. The lowest BCUT2D eigenvalue weighted by molar-refractivity contribution is -0.119. The summed E-state index contributed by atoms with van der Waals surface area (Å²) < 4.78 is 41.5. The zero-order valence-electron chi connectivity index (χ0n) is 14.5. The Morgan fingerprint density at radius 3 is 2.68 bits per heavy atom. The number of hydrogen-bond donors (Lipinski definition) is 1. The van der Waals surface area contributed by atoms with Crippen molar-refractivity contribution in [2.75, 3.05) is 19.0 Å². The van der Waals surface area contributed by atoms with Gasteiger partial charge >= 0.3 is 11.6 Å². The zero-order chi connectivity index (χ0) is 20.3. The summed E-state index contributed by atoms with van der Waals surface area (Å²) in [6.45, 7) is -0.815. The molecule has 0 bridgehead atoms. The normalized spacial score (nSPS) is 10.5. The summed E-state index contributed by atoms with van der Waals surface area (Å²) >= 11 is 0. The molecule has 0 aliphatic carbocycles. The van der Waals surface area contributed by atoms with Crippen molar-refractivity contribution in [1.29, 1.82) is 0 Å². The summed E-state index contributed by atoms with van der Waals surface area (Å²) in [6, 6.07) is 8.56. The Morgan fingerprint density at radius 1 is 1.14 bits per heavy atom. The molecule has 9 heteroatoms. The predicted molar refractivity (Wildman–Crippen MR) is 94.3 cm³/mol. The van der Waals surface area contributed by atoms with Crippen LogP contribution in [0.5, 0.6) is 5.75 Å². The Kier molecular flexibility index (Phi) is 5.35. The van der Waals surface area contributed by atoms with E-state index < -0.39 is 47.0 Å². The van der Waals surface area contributed by atoms with Crippen LogP contribution in [0.15, 0.2) is 51.7 Å². The smallest absolute Gasteiger partial charge is 0.351 e. The maximum absolute atomic E-state index is 13.5. The number of ether oxygens (including phenoxy) is 2. The molecule has 2 aromatic carbocycles. The molecule has 0 fully saturated rings. The van der Waals surface area contributed by atoms with Gasteiger partial charge in [0, 0.05) is 11.5 Å². The Labute approximate surface area is 156 Å². The molecule has 3 aromatic rings. The Balaban J connectivity index is 1.72. The van der Waals surface area contributed by atoms with Crippen LogP contribution >= 0.6 is 0 Å². The minimum atomic E-state index is -1.10. The van der Waals surface area contributed by atoms with Crippen LogP contribution in [0.1, 0.15) is 10.4 Å². The molecule has 0 aliphatic rings. The molecule has 144 valence electrons. The lowest BCUT2D eigenvalue weighted by Crippen LogP contribution is -2.24. The van der Waals surface area contributed by atoms with Crippen LogP contribution in [0.4, 0.5) is 14.5 Å². The molecule has 3 rings (SSSR count). The van der Waals surface area contributed by atoms with Crippen molar-refractivity contribution >= 4 is 28.5 Å². The second kappa shape index (κ2) is 7.87. The largest absolute Gasteiger partial charge is 0.493 e. The molecular formula is C19H13F2NO6. The fourth-order valence-corrected chi connectivity index (χ4v) is 2.41. The van der Waals surface area contributed by atoms with E-state index >= 15 is 0 Å². The van der Waals surface area contributed by atoms with Crippen LogP contribution in [0.2, 0.25) is 0 Å². The van der Waals surface area contributed by atoms with Crippen molar-refractivity contribution in [2.24, 2.45) is 0 Å². The number of carbonyl (C=O) groups is 2. The predicted octanol–water partition coefficient (Wildman–Crippen LogP) is 2.88. The molecule has 0 saturated heterocycles. The Hall–Kier alpha value is -3.75. The minimum absolute atomic E-state index is 0.158. The van der Waals surface area contributed by atoms with Crippen molar-refractivity contribution in [3.63, 3.8) is 0 Å². The molecule has 28 heavy (non-hydrogen) atoms. The quantitative estimate of drug-likeness (QED) is 0.533. The van der Waals surface area contributed by atoms with Gasteiger partial charge in [0.25, 0.3) is 5.91 Å². The first-order chi connectivity index (χ1) is 13.4. The monoisotopic (exact) mass is 389 g/mol. The summed E-state index contributed by atoms with van der Waals surface area (Å²) in [7, 11) is 1.40. The average molecular weight is 389 g/mol. The molecule has 0 aliphatic heterocycles. The number of fused-ring (bicyclic) bond motifs is 1. The molecule has 0 radical (unpaired) electrons. The number of nitrogens with one attached hydrogen (secondary N) is 1. The Morgan fingerprint density at radius 2 is 1.93 bits per heavy atom. The first-order valence-electron chi connectivity index (χ1n) is 7.92. The van der Waals surface area contributed by atoms with Crippen LogP contribution in [0.3, 0.4) is 0 Å². The molecule has 1 heterocycles. The third kappa shape index (κ3) is 3.98. The second-order valence-electron chi connectivity index (χ2n) is 5.57. The maximum Gasteiger partial charge on any atom is 0.351 e. The molecular weight excluding hydrogens is 376 g/mol. The van der Waals surface area contributed by atoms with Gasteiger partial charge in [-0.2, -0.15) is 0 Å². The molecule has 1 amide bonds. The molecule has 0 saturated carbocycles. The summed E-state index contributed by atoms with van der Waals surface area (Å²) in [5.74, 6) is -3.31. The van der Waals surface area contributed by atoms with E-state index in [1.807, 2.05) is 0 Å². The van der Waals surface area contributed by atoms with Crippen LogP contribution in [0.25, 0.3) is 11.0 Å². The SMILES string of the molecule is COc1cccc2cc(C(=O)OCC(=O)Nc3cc(F)ccc3F)c(=O)oc12. The van der Waals surface area contributed by atoms with Gasteiger partial charge in [-0.05, 0) is 24.3 Å². The fourth-order valence-electron chi connectivity index (χ4n) is 2.41. The van der Waals surface area contributed by atoms with Crippen LogP contribution in [-0.4, -0.2) is 25.6 Å². The molecule has 1 aromatic heterocycles. The second-order valence-corrected chi connectivity index (χ2v) is 5.57. The first kappa shape index (κ1) is 19.0. The van der Waals surface area contributed by atoms with Crippen molar-refractivity contribution < 1.29 is 32.3 Å². The van der Waals surface area contributed by atoms with Gasteiger partial charge in [0.05, 0.1) is 12.8 Å². The van der Waals surface area contributed by atoms with Crippen molar-refractivity contribution in [3.05, 3.63) is 70.1 Å². The van der Waals surface area contributed by atoms with Gasteiger partial charge in [-0.1, -0.05) is 12.1 Å². The number of amides is 1. The molecule has 0 unspecified atom stereocenters. The van der Waals surface area contributed by atoms with E-state index in [-0.39, 0.29) is 5.58 Å². The average Bonchev–Trinajstić information content (AvgIpc) is 2.68. The molecule has 1 N–H and O–H groups in total. The van der Waals surface area contributed by atoms with Gasteiger partial charge in [0.2, 0.25) is 0 Å². The fraction of sp³-hybridized carbons (Fsp3) is 0.105. The number of halogens is 2. The molecule has 0 spiro atoms. The highest BCUT2D eigenvalue weighted by molar-refractivity contribution is 5.97. The van der Waals surface area contributed by atoms with Gasteiger partial charge in [-0.3, -0.25) is 4.79 Å². The van der Waals surface area contributed by atoms with Crippen molar-refractivity contribution in [2.45, 2.75) is 0 Å². The van der Waals surface area contributed by atoms with Gasteiger partial charge in [0.1, 0.15) is 17.2 Å². The van der Waals surface area contributed by atoms with E-state index in [2.05, 4.69) is 5.32 Å². The highest BCUT2D eigenvalue weighted by Gasteiger charge is 2.18. The van der Waals surface area contributed by atoms with Gasteiger partial charge < -0.3 is 19.2 Å². The van der Waals surface area contributed by atoms with E-state index in [9.17, 15) is 23.2 Å². The van der Waals surface area contributed by atoms with Crippen LogP contribution in [0, 0.1) is 11.6 Å². The minimum Gasteiger partial charge on any atom is -0.493 e. The number of methoxy groups -OCH3 is 1. The van der Waals surface area contributed by atoms with E-state index in [1.54, 1.807) is 18.2 Å².